The van der Waals surface area contributed by atoms with Crippen molar-refractivity contribution in [1.82, 2.24) is 24.8 Å². The Hall–Kier alpha value is -4.26. The molecule has 0 amide bonds. The summed E-state index contributed by atoms with van der Waals surface area (Å²) in [5.41, 5.74) is 4.03. The number of ether oxygens (including phenoxy) is 2. The number of aromatic nitrogens is 4. The number of fused-ring (bicyclic) bond motifs is 1. The second kappa shape index (κ2) is 12.6. The quantitative estimate of drug-likeness (QED) is 0.124. The van der Waals surface area contributed by atoms with Gasteiger partial charge in [-0.1, -0.05) is 72.3 Å². The summed E-state index contributed by atoms with van der Waals surface area (Å²) in [5, 5.41) is -0.0394. The summed E-state index contributed by atoms with van der Waals surface area (Å²) in [6.45, 7) is 4.09. The summed E-state index contributed by atoms with van der Waals surface area (Å²) < 4.78 is 42.4. The fourth-order valence-electron chi connectivity index (χ4n) is 7.18. The number of thiazole rings is 1. The standard InChI is InChI=1S/C35H32ClF2N7O2S/c1-21(29-31(39-20-48-29)40-27(22-9-4-2-5-10-22)23-11-6-3-7-12-23)45-15-16-46-33-25-28(26(38)30(36)42-33)41-34(43-32(25)45)47-19-35-13-8-14-44(35)18-24(37)17-35/h2-7,9-12,20-21,24H,8,13-19H2,1H3/t21?,24-,35+/m1/s1. The minimum Gasteiger partial charge on any atom is -0.475 e. The molecule has 3 aromatic heterocycles. The van der Waals surface area contributed by atoms with Gasteiger partial charge in [0, 0.05) is 24.1 Å². The number of alkyl halides is 1. The lowest BCUT2D eigenvalue weighted by Gasteiger charge is -2.31. The average molecular weight is 688 g/mol. The topological polar surface area (TPSA) is 88.9 Å². The summed E-state index contributed by atoms with van der Waals surface area (Å²) in [7, 11) is 0. The van der Waals surface area contributed by atoms with Gasteiger partial charge in [0.05, 0.1) is 34.2 Å². The SMILES string of the molecule is CC(c1scnc1N=C(c1ccccc1)c1ccccc1)N1CCOc2nc(Cl)c(F)c3nc(OC[C@@]45CCCN4C[C@H](F)C5)nc1c23. The van der Waals surface area contributed by atoms with E-state index in [1.54, 1.807) is 5.51 Å². The van der Waals surface area contributed by atoms with Crippen molar-refractivity contribution < 1.29 is 18.3 Å². The molecule has 6 heterocycles. The van der Waals surface area contributed by atoms with E-state index in [2.05, 4.69) is 19.9 Å². The van der Waals surface area contributed by atoms with Crippen molar-refractivity contribution in [2.24, 2.45) is 4.99 Å². The van der Waals surface area contributed by atoms with Gasteiger partial charge in [0.25, 0.3) is 0 Å². The molecule has 5 aromatic rings. The summed E-state index contributed by atoms with van der Waals surface area (Å²) in [4.78, 5) is 28.4. The van der Waals surface area contributed by atoms with Crippen LogP contribution in [0, 0.1) is 5.82 Å². The van der Waals surface area contributed by atoms with Gasteiger partial charge >= 0.3 is 6.01 Å². The number of nitrogens with zero attached hydrogens (tertiary/aromatic N) is 7. The van der Waals surface area contributed by atoms with E-state index >= 15 is 4.39 Å². The largest absolute Gasteiger partial charge is 0.475 e. The Morgan fingerprint density at radius 3 is 2.60 bits per heavy atom. The maximum absolute atomic E-state index is 15.7. The third-order valence-electron chi connectivity index (χ3n) is 9.48. The molecular weight excluding hydrogens is 656 g/mol. The van der Waals surface area contributed by atoms with E-state index < -0.39 is 17.5 Å². The molecule has 2 fully saturated rings. The van der Waals surface area contributed by atoms with Crippen LogP contribution in [0.2, 0.25) is 5.15 Å². The Balaban J connectivity index is 1.20. The molecule has 3 aliphatic rings. The van der Waals surface area contributed by atoms with Gasteiger partial charge in [-0.15, -0.1) is 11.3 Å². The van der Waals surface area contributed by atoms with E-state index in [0.29, 0.717) is 36.5 Å². The van der Waals surface area contributed by atoms with Gasteiger partial charge in [0.1, 0.15) is 36.1 Å². The normalized spacial score (nSPS) is 21.1. The zero-order valence-corrected chi connectivity index (χ0v) is 27.7. The molecule has 0 saturated carbocycles. The van der Waals surface area contributed by atoms with E-state index in [9.17, 15) is 4.39 Å². The molecule has 3 atom stereocenters. The van der Waals surface area contributed by atoms with Gasteiger partial charge in [-0.05, 0) is 26.3 Å². The molecule has 0 spiro atoms. The number of anilines is 1. The van der Waals surface area contributed by atoms with Crippen LogP contribution in [0.5, 0.6) is 11.9 Å². The Kier molecular flexibility index (Phi) is 8.18. The lowest BCUT2D eigenvalue weighted by Crippen LogP contribution is -2.43. The molecule has 3 aliphatic heterocycles. The number of hydrogen-bond donors (Lipinski definition) is 0. The molecule has 9 nitrogen and oxygen atoms in total. The second-order valence-corrected chi connectivity index (χ2v) is 13.6. The van der Waals surface area contributed by atoms with Crippen LogP contribution in [0.4, 0.5) is 20.4 Å². The van der Waals surface area contributed by atoms with Crippen LogP contribution in [0.15, 0.2) is 71.2 Å². The first-order valence-electron chi connectivity index (χ1n) is 16.0. The van der Waals surface area contributed by atoms with Crippen molar-refractivity contribution in [2.45, 2.75) is 43.9 Å². The Labute approximate surface area is 285 Å². The number of aliphatic imine (C=N–C) groups is 1. The number of benzene rings is 2. The highest BCUT2D eigenvalue weighted by molar-refractivity contribution is 7.10. The van der Waals surface area contributed by atoms with Gasteiger partial charge in [-0.3, -0.25) is 4.90 Å². The molecule has 246 valence electrons. The molecule has 1 unspecified atom stereocenters. The van der Waals surface area contributed by atoms with Gasteiger partial charge < -0.3 is 14.4 Å². The highest BCUT2D eigenvalue weighted by atomic mass is 35.5. The molecule has 48 heavy (non-hydrogen) atoms. The predicted octanol–water partition coefficient (Wildman–Crippen LogP) is 7.36. The Bertz CT molecular complexity index is 1960. The van der Waals surface area contributed by atoms with E-state index in [4.69, 9.17) is 31.1 Å². The first kappa shape index (κ1) is 31.0. The maximum atomic E-state index is 15.7. The van der Waals surface area contributed by atoms with Gasteiger partial charge in [-0.25, -0.2) is 18.8 Å². The monoisotopic (exact) mass is 687 g/mol. The van der Waals surface area contributed by atoms with Gasteiger partial charge in [0.15, 0.2) is 16.8 Å². The molecule has 0 bridgehead atoms. The number of rotatable bonds is 8. The lowest BCUT2D eigenvalue weighted by atomic mass is 9.95. The van der Waals surface area contributed by atoms with Gasteiger partial charge in [-0.2, -0.15) is 15.0 Å². The van der Waals surface area contributed by atoms with Crippen molar-refractivity contribution in [1.29, 1.82) is 0 Å². The minimum absolute atomic E-state index is 0.00904. The zero-order chi connectivity index (χ0) is 32.8. The van der Waals surface area contributed by atoms with Crippen molar-refractivity contribution in [3.63, 3.8) is 0 Å². The number of pyridine rings is 1. The predicted molar refractivity (Wildman–Crippen MR) is 182 cm³/mol. The van der Waals surface area contributed by atoms with Crippen LogP contribution >= 0.6 is 22.9 Å². The molecule has 13 heteroatoms. The van der Waals surface area contributed by atoms with E-state index in [-0.39, 0.29) is 41.8 Å². The van der Waals surface area contributed by atoms with Crippen molar-refractivity contribution in [3.05, 3.63) is 93.1 Å². The second-order valence-electron chi connectivity index (χ2n) is 12.4. The molecule has 0 N–H and O–H groups in total. The van der Waals surface area contributed by atoms with E-state index in [1.165, 1.54) is 11.3 Å². The summed E-state index contributed by atoms with van der Waals surface area (Å²) in [6.07, 6.45) is 1.27. The Morgan fingerprint density at radius 1 is 1.10 bits per heavy atom. The summed E-state index contributed by atoms with van der Waals surface area (Å²) in [6, 6.07) is 19.7. The fraction of sp³-hybridized carbons (Fsp3) is 0.343. The van der Waals surface area contributed by atoms with Crippen LogP contribution in [0.25, 0.3) is 10.9 Å². The molecule has 0 radical (unpaired) electrons. The molecule has 2 aromatic carbocycles. The van der Waals surface area contributed by atoms with Crippen LogP contribution in [0.3, 0.4) is 0 Å². The van der Waals surface area contributed by atoms with Crippen LogP contribution in [-0.4, -0.2) is 75.1 Å². The van der Waals surface area contributed by atoms with Gasteiger partial charge in [0.2, 0.25) is 5.88 Å². The van der Waals surface area contributed by atoms with Crippen LogP contribution in [0.1, 0.15) is 48.2 Å². The van der Waals surface area contributed by atoms with E-state index in [0.717, 1.165) is 41.1 Å². The first-order valence-corrected chi connectivity index (χ1v) is 17.3. The number of halogens is 3. The molecule has 2 saturated heterocycles. The fourth-order valence-corrected chi connectivity index (χ4v) is 8.14. The first-order chi connectivity index (χ1) is 23.4. The highest BCUT2D eigenvalue weighted by Crippen LogP contribution is 2.44. The van der Waals surface area contributed by atoms with Crippen LogP contribution < -0.4 is 14.4 Å². The van der Waals surface area contributed by atoms with Crippen molar-refractivity contribution in [3.8, 4) is 11.9 Å². The third kappa shape index (κ3) is 5.55. The third-order valence-corrected chi connectivity index (χ3v) is 10.7. The molecule has 0 aliphatic carbocycles. The molecular formula is C35H32ClF2N7O2S. The lowest BCUT2D eigenvalue weighted by molar-refractivity contribution is 0.107. The molecule has 8 rings (SSSR count). The average Bonchev–Trinajstić information content (AvgIpc) is 3.77. The summed E-state index contributed by atoms with van der Waals surface area (Å²) >= 11 is 7.70. The minimum atomic E-state index is -0.907. The smallest absolute Gasteiger partial charge is 0.319 e. The maximum Gasteiger partial charge on any atom is 0.319 e. The van der Waals surface area contributed by atoms with Crippen molar-refractivity contribution in [2.75, 3.05) is 37.7 Å². The van der Waals surface area contributed by atoms with Crippen LogP contribution in [-0.2, 0) is 0 Å². The highest BCUT2D eigenvalue weighted by Gasteiger charge is 2.49. The van der Waals surface area contributed by atoms with E-state index in [1.807, 2.05) is 72.5 Å². The Morgan fingerprint density at radius 2 is 1.85 bits per heavy atom. The summed E-state index contributed by atoms with van der Waals surface area (Å²) in [5.74, 6) is 0.349. The zero-order valence-electron chi connectivity index (χ0n) is 26.2. The van der Waals surface area contributed by atoms with Crippen molar-refractivity contribution >= 4 is 51.2 Å². The number of hydrogen-bond acceptors (Lipinski definition) is 10.